The summed E-state index contributed by atoms with van der Waals surface area (Å²) in [7, 11) is 1.40. The predicted octanol–water partition coefficient (Wildman–Crippen LogP) is 2.55. The number of rotatable bonds is 7. The van der Waals surface area contributed by atoms with Gasteiger partial charge in [-0.05, 0) is 18.2 Å². The van der Waals surface area contributed by atoms with Gasteiger partial charge in [-0.15, -0.1) is 5.10 Å². The summed E-state index contributed by atoms with van der Waals surface area (Å²) in [4.78, 5) is 6.98. The average molecular weight is 613 g/mol. The van der Waals surface area contributed by atoms with Crippen molar-refractivity contribution >= 4 is 29.2 Å². The van der Waals surface area contributed by atoms with Gasteiger partial charge < -0.3 is 29.3 Å². The lowest BCUT2D eigenvalue weighted by Crippen LogP contribution is -2.55. The Kier molecular flexibility index (Phi) is 9.00. The predicted molar refractivity (Wildman–Crippen MR) is 140 cm³/mol. The Labute approximate surface area is 241 Å². The van der Waals surface area contributed by atoms with Crippen LogP contribution in [0.2, 0.25) is 5.02 Å². The molecule has 2 aromatic heterocycles. The van der Waals surface area contributed by atoms with Gasteiger partial charge in [0.15, 0.2) is 23.1 Å². The van der Waals surface area contributed by atoms with Crippen molar-refractivity contribution in [3.05, 3.63) is 52.6 Å². The molecule has 3 unspecified atom stereocenters. The summed E-state index contributed by atoms with van der Waals surface area (Å²) >= 11 is 7.50. The fourth-order valence-electron chi connectivity index (χ4n) is 4.72. The van der Waals surface area contributed by atoms with Crippen molar-refractivity contribution in [3.63, 3.8) is 0 Å². The minimum absolute atomic E-state index is 0.0128. The number of hydrogen-bond acceptors (Lipinski definition) is 11. The summed E-state index contributed by atoms with van der Waals surface area (Å²) < 4.78 is 59.6. The largest absolute Gasteiger partial charge is 0.394 e. The number of methoxy groups -OCH3 is 1. The smallest absolute Gasteiger partial charge is 0.194 e. The number of thioether (sulfide) groups is 1. The van der Waals surface area contributed by atoms with Gasteiger partial charge in [0.1, 0.15) is 47.4 Å². The molecule has 1 aromatic carbocycles. The molecule has 2 aliphatic rings. The first kappa shape index (κ1) is 29.5. The van der Waals surface area contributed by atoms with Gasteiger partial charge in [-0.25, -0.2) is 22.8 Å². The Morgan fingerprint density at radius 3 is 2.56 bits per heavy atom. The van der Waals surface area contributed by atoms with E-state index in [-0.39, 0.29) is 22.0 Å². The maximum atomic E-state index is 13.8. The number of morpholine rings is 1. The van der Waals surface area contributed by atoms with Gasteiger partial charge in [-0.1, -0.05) is 28.6 Å². The molecule has 2 fully saturated rings. The molecule has 0 spiro atoms. The second-order valence-electron chi connectivity index (χ2n) is 9.21. The van der Waals surface area contributed by atoms with E-state index < -0.39 is 53.8 Å². The Morgan fingerprint density at radius 1 is 1.22 bits per heavy atom. The third-order valence-electron chi connectivity index (χ3n) is 6.77. The zero-order valence-electron chi connectivity index (χ0n) is 21.5. The number of halogens is 4. The molecule has 0 bridgehead atoms. The van der Waals surface area contributed by atoms with Crippen molar-refractivity contribution in [1.29, 1.82) is 5.26 Å². The van der Waals surface area contributed by atoms with Crippen LogP contribution in [-0.4, -0.2) is 94.0 Å². The summed E-state index contributed by atoms with van der Waals surface area (Å²) in [6, 6.07) is 4.17. The molecule has 11 nitrogen and oxygen atoms in total. The second kappa shape index (κ2) is 12.5. The summed E-state index contributed by atoms with van der Waals surface area (Å²) in [6.45, 7) is 1.44. The molecule has 5 rings (SSSR count). The van der Waals surface area contributed by atoms with Crippen LogP contribution in [0.25, 0.3) is 11.3 Å². The number of ether oxygens (including phenoxy) is 3. The number of nitrogens with zero attached hydrogens (tertiary/aromatic N) is 6. The van der Waals surface area contributed by atoms with Crippen LogP contribution in [0.1, 0.15) is 11.7 Å². The minimum Gasteiger partial charge on any atom is -0.394 e. The summed E-state index contributed by atoms with van der Waals surface area (Å²) in [5.41, 5.74) is -0.861. The van der Waals surface area contributed by atoms with E-state index in [1.54, 1.807) is 6.07 Å². The molecule has 41 heavy (non-hydrogen) atoms. The SMILES string of the molecule is COC1C(n2cc(-c3cc(F)c(F)c(F)c3)nn2)[C@@H](O)C(CO)O[C@@H]1Sc1cc(Cl)c(C#N)nc1N1CCOCC1. The lowest BCUT2D eigenvalue weighted by molar-refractivity contribution is -0.186. The number of anilines is 1. The maximum Gasteiger partial charge on any atom is 0.194 e. The zero-order chi connectivity index (χ0) is 29.3. The molecular formula is C25H24ClF3N6O5S. The highest BCUT2D eigenvalue weighted by Gasteiger charge is 2.48. The van der Waals surface area contributed by atoms with Gasteiger partial charge >= 0.3 is 0 Å². The summed E-state index contributed by atoms with van der Waals surface area (Å²) in [6.07, 6.45) is -1.99. The van der Waals surface area contributed by atoms with Crippen molar-refractivity contribution in [1.82, 2.24) is 20.0 Å². The van der Waals surface area contributed by atoms with Crippen LogP contribution in [0.4, 0.5) is 19.0 Å². The molecule has 0 amide bonds. The lowest BCUT2D eigenvalue weighted by atomic mass is 9.97. The van der Waals surface area contributed by atoms with E-state index in [1.807, 2.05) is 11.0 Å². The van der Waals surface area contributed by atoms with E-state index in [2.05, 4.69) is 15.3 Å². The fraction of sp³-hybridized carbons (Fsp3) is 0.440. The molecule has 0 radical (unpaired) electrons. The minimum atomic E-state index is -1.61. The average Bonchev–Trinajstić information content (AvgIpc) is 3.46. The molecule has 2 aliphatic heterocycles. The summed E-state index contributed by atoms with van der Waals surface area (Å²) in [5, 5.41) is 38.7. The van der Waals surface area contributed by atoms with Crippen LogP contribution in [0.15, 0.2) is 29.3 Å². The van der Waals surface area contributed by atoms with Crippen LogP contribution >= 0.6 is 23.4 Å². The van der Waals surface area contributed by atoms with Crippen LogP contribution in [0.3, 0.4) is 0 Å². The van der Waals surface area contributed by atoms with E-state index >= 15 is 0 Å². The van der Waals surface area contributed by atoms with Crippen LogP contribution in [-0.2, 0) is 14.2 Å². The second-order valence-corrected chi connectivity index (χ2v) is 10.8. The first-order valence-electron chi connectivity index (χ1n) is 12.4. The number of pyridine rings is 1. The normalized spacial score (nSPS) is 24.8. The number of hydrogen-bond donors (Lipinski definition) is 2. The van der Waals surface area contributed by atoms with Gasteiger partial charge in [0, 0.05) is 25.8 Å². The number of aromatic nitrogens is 4. The standard InChI is InChI=1S/C25H24ClF3N6O5S/c1-38-23-21(35-10-17(32-33-35)12-6-14(27)20(29)15(28)7-12)22(37)18(11-36)40-25(23)41-19-8-13(26)16(9-30)31-24(19)34-2-4-39-5-3-34/h6-8,10,18,21-23,25,36-37H,2-5,11H2,1H3/t18?,21?,22-,23?,25+/m0/s1. The quantitative estimate of drug-likeness (QED) is 0.381. The molecule has 4 heterocycles. The van der Waals surface area contributed by atoms with Crippen molar-refractivity contribution < 1.29 is 37.6 Å². The van der Waals surface area contributed by atoms with E-state index in [0.29, 0.717) is 37.0 Å². The maximum absolute atomic E-state index is 13.8. The van der Waals surface area contributed by atoms with Gasteiger partial charge in [-0.2, -0.15) is 5.26 Å². The lowest BCUT2D eigenvalue weighted by Gasteiger charge is -2.43. The topological polar surface area (TPSA) is 139 Å². The highest BCUT2D eigenvalue weighted by Crippen LogP contribution is 2.43. The number of nitriles is 1. The highest BCUT2D eigenvalue weighted by atomic mass is 35.5. The van der Waals surface area contributed by atoms with Crippen LogP contribution < -0.4 is 4.90 Å². The molecule has 0 aliphatic carbocycles. The molecule has 2 saturated heterocycles. The zero-order valence-corrected chi connectivity index (χ0v) is 23.0. The number of aliphatic hydroxyl groups excluding tert-OH is 2. The van der Waals surface area contributed by atoms with Crippen molar-refractivity contribution in [2.75, 3.05) is 44.9 Å². The monoisotopic (exact) mass is 612 g/mol. The van der Waals surface area contributed by atoms with Gasteiger partial charge in [0.25, 0.3) is 0 Å². The van der Waals surface area contributed by atoms with E-state index in [0.717, 1.165) is 12.1 Å². The fourth-order valence-corrected chi connectivity index (χ4v) is 6.30. The molecule has 5 atom stereocenters. The third kappa shape index (κ3) is 5.86. The van der Waals surface area contributed by atoms with Gasteiger partial charge in [0.05, 0.1) is 35.9 Å². The number of aliphatic hydroxyl groups is 2. The number of benzene rings is 1. The first-order chi connectivity index (χ1) is 19.7. The molecule has 2 N–H and O–H groups in total. The molecule has 0 saturated carbocycles. The highest BCUT2D eigenvalue weighted by molar-refractivity contribution is 8.00. The van der Waals surface area contributed by atoms with Crippen LogP contribution in [0.5, 0.6) is 0 Å². The van der Waals surface area contributed by atoms with E-state index in [1.165, 1.54) is 29.8 Å². The Hall–Kier alpha value is -2.97. The Morgan fingerprint density at radius 2 is 1.93 bits per heavy atom. The van der Waals surface area contributed by atoms with Gasteiger partial charge in [-0.3, -0.25) is 0 Å². The van der Waals surface area contributed by atoms with E-state index in [4.69, 9.17) is 25.8 Å². The van der Waals surface area contributed by atoms with Crippen molar-refractivity contribution in [3.8, 4) is 17.3 Å². The Bertz CT molecular complexity index is 1430. The molecular weight excluding hydrogens is 589 g/mol. The van der Waals surface area contributed by atoms with Crippen molar-refractivity contribution in [2.24, 2.45) is 0 Å². The van der Waals surface area contributed by atoms with E-state index in [9.17, 15) is 28.6 Å². The van der Waals surface area contributed by atoms with Crippen molar-refractivity contribution in [2.45, 2.75) is 34.7 Å². The molecule has 218 valence electrons. The molecule has 16 heteroatoms. The Balaban J connectivity index is 1.50. The van der Waals surface area contributed by atoms with Crippen LogP contribution in [0, 0.1) is 28.8 Å². The first-order valence-corrected chi connectivity index (χ1v) is 13.6. The third-order valence-corrected chi connectivity index (χ3v) is 8.23. The van der Waals surface area contributed by atoms with Gasteiger partial charge in [0.2, 0.25) is 0 Å². The summed E-state index contributed by atoms with van der Waals surface area (Å²) in [5.74, 6) is -3.90. The molecule has 3 aromatic rings.